The molecule has 0 unspecified atom stereocenters. The highest BCUT2D eigenvalue weighted by Gasteiger charge is 2.12. The number of aromatic nitrogens is 2. The fourth-order valence-electron chi connectivity index (χ4n) is 4.81. The molecule has 0 saturated carbocycles. The third kappa shape index (κ3) is 5.77. The number of fused-ring (bicyclic) bond motifs is 2. The van der Waals surface area contributed by atoms with E-state index in [1.54, 1.807) is 0 Å². The molecule has 34 heavy (non-hydrogen) atoms. The SMILES string of the molecule is c1ccc2c(CN3CCNCCN(Cc4ccnc5ccccc45)CCNCC3)ccnc2c1. The van der Waals surface area contributed by atoms with E-state index in [2.05, 4.69) is 91.1 Å². The van der Waals surface area contributed by atoms with E-state index in [0.717, 1.165) is 76.5 Å². The van der Waals surface area contributed by atoms with Gasteiger partial charge in [-0.3, -0.25) is 19.8 Å². The standard InChI is InChI=1S/C28H34N6/c1-3-7-27-25(5-1)23(9-11-31-27)21-33-17-13-29-15-19-34(20-16-30-14-18-33)22-24-10-12-32-28-8-4-2-6-26(24)28/h1-12,29-30H,13-22H2. The van der Waals surface area contributed by atoms with Crippen molar-refractivity contribution in [1.29, 1.82) is 0 Å². The molecule has 0 spiro atoms. The molecule has 3 heterocycles. The Morgan fingerprint density at radius 3 is 1.41 bits per heavy atom. The molecule has 0 aliphatic carbocycles. The second kappa shape index (κ2) is 11.5. The number of pyridine rings is 2. The summed E-state index contributed by atoms with van der Waals surface area (Å²) in [5.74, 6) is 0. The lowest BCUT2D eigenvalue weighted by Crippen LogP contribution is -2.42. The van der Waals surface area contributed by atoms with Gasteiger partial charge >= 0.3 is 0 Å². The first-order chi connectivity index (χ1) is 16.9. The summed E-state index contributed by atoms with van der Waals surface area (Å²) < 4.78 is 0. The number of hydrogen-bond acceptors (Lipinski definition) is 6. The van der Waals surface area contributed by atoms with E-state index in [1.807, 2.05) is 12.4 Å². The van der Waals surface area contributed by atoms with Crippen LogP contribution in [-0.2, 0) is 13.1 Å². The minimum absolute atomic E-state index is 0.952. The van der Waals surface area contributed by atoms with Gasteiger partial charge in [0.2, 0.25) is 0 Å². The Morgan fingerprint density at radius 1 is 0.559 bits per heavy atom. The first-order valence-electron chi connectivity index (χ1n) is 12.4. The van der Waals surface area contributed by atoms with Crippen LogP contribution in [0.5, 0.6) is 0 Å². The predicted molar refractivity (Wildman–Crippen MR) is 140 cm³/mol. The van der Waals surface area contributed by atoms with Crippen LogP contribution in [0.4, 0.5) is 0 Å². The molecule has 176 valence electrons. The fourth-order valence-corrected chi connectivity index (χ4v) is 4.81. The Balaban J connectivity index is 1.19. The molecule has 1 aliphatic rings. The molecular weight excluding hydrogens is 420 g/mol. The van der Waals surface area contributed by atoms with Gasteiger partial charge in [0.05, 0.1) is 11.0 Å². The molecule has 0 atom stereocenters. The van der Waals surface area contributed by atoms with E-state index in [1.165, 1.54) is 21.9 Å². The lowest BCUT2D eigenvalue weighted by atomic mass is 10.1. The molecule has 6 heteroatoms. The third-order valence-corrected chi connectivity index (χ3v) is 6.69. The molecule has 0 radical (unpaired) electrons. The highest BCUT2D eigenvalue weighted by molar-refractivity contribution is 5.82. The van der Waals surface area contributed by atoms with E-state index < -0.39 is 0 Å². The minimum Gasteiger partial charge on any atom is -0.314 e. The largest absolute Gasteiger partial charge is 0.314 e. The van der Waals surface area contributed by atoms with Crippen LogP contribution in [0.25, 0.3) is 21.8 Å². The van der Waals surface area contributed by atoms with Gasteiger partial charge < -0.3 is 10.6 Å². The Bertz CT molecular complexity index is 1090. The quantitative estimate of drug-likeness (QED) is 0.494. The topological polar surface area (TPSA) is 56.3 Å². The molecular formula is C28H34N6. The van der Waals surface area contributed by atoms with Gasteiger partial charge in [-0.05, 0) is 35.4 Å². The zero-order chi connectivity index (χ0) is 23.0. The van der Waals surface area contributed by atoms with Gasteiger partial charge in [-0.2, -0.15) is 0 Å². The van der Waals surface area contributed by atoms with Crippen LogP contribution < -0.4 is 10.6 Å². The van der Waals surface area contributed by atoms with Crippen LogP contribution >= 0.6 is 0 Å². The molecule has 6 nitrogen and oxygen atoms in total. The van der Waals surface area contributed by atoms with E-state index in [4.69, 9.17) is 0 Å². The van der Waals surface area contributed by atoms with Crippen LogP contribution in [-0.4, -0.2) is 72.1 Å². The van der Waals surface area contributed by atoms with Crippen LogP contribution in [0.1, 0.15) is 11.1 Å². The van der Waals surface area contributed by atoms with Crippen molar-refractivity contribution in [3.05, 3.63) is 84.2 Å². The van der Waals surface area contributed by atoms with Crippen molar-refractivity contribution >= 4 is 21.8 Å². The third-order valence-electron chi connectivity index (χ3n) is 6.69. The molecule has 1 saturated heterocycles. The van der Waals surface area contributed by atoms with Crippen molar-refractivity contribution in [2.45, 2.75) is 13.1 Å². The van der Waals surface area contributed by atoms with E-state index in [-0.39, 0.29) is 0 Å². The van der Waals surface area contributed by atoms with Gasteiger partial charge in [0.1, 0.15) is 0 Å². The van der Waals surface area contributed by atoms with Gasteiger partial charge in [-0.1, -0.05) is 36.4 Å². The molecule has 0 bridgehead atoms. The fraction of sp³-hybridized carbons (Fsp3) is 0.357. The van der Waals surface area contributed by atoms with Crippen LogP contribution in [0.15, 0.2) is 73.1 Å². The monoisotopic (exact) mass is 454 g/mol. The maximum atomic E-state index is 4.52. The van der Waals surface area contributed by atoms with Crippen molar-refractivity contribution in [3.63, 3.8) is 0 Å². The highest BCUT2D eigenvalue weighted by Crippen LogP contribution is 2.19. The summed E-state index contributed by atoms with van der Waals surface area (Å²) in [6.07, 6.45) is 3.87. The average molecular weight is 455 g/mol. The number of benzene rings is 2. The van der Waals surface area contributed by atoms with Crippen molar-refractivity contribution < 1.29 is 0 Å². The summed E-state index contributed by atoms with van der Waals surface area (Å²) in [7, 11) is 0. The first kappa shape index (κ1) is 22.9. The molecule has 2 aromatic heterocycles. The number of rotatable bonds is 4. The van der Waals surface area contributed by atoms with E-state index >= 15 is 0 Å². The number of para-hydroxylation sites is 2. The van der Waals surface area contributed by atoms with Crippen LogP contribution in [0, 0.1) is 0 Å². The highest BCUT2D eigenvalue weighted by atomic mass is 15.2. The zero-order valence-corrected chi connectivity index (χ0v) is 19.8. The van der Waals surface area contributed by atoms with Crippen molar-refractivity contribution in [2.75, 3.05) is 52.4 Å². The number of hydrogen-bond donors (Lipinski definition) is 2. The summed E-state index contributed by atoms with van der Waals surface area (Å²) in [5.41, 5.74) is 4.86. The van der Waals surface area contributed by atoms with E-state index in [0.29, 0.717) is 0 Å². The van der Waals surface area contributed by atoms with Crippen LogP contribution in [0.2, 0.25) is 0 Å². The summed E-state index contributed by atoms with van der Waals surface area (Å²) in [6.45, 7) is 10.0. The second-order valence-electron chi connectivity index (χ2n) is 9.03. The molecule has 2 N–H and O–H groups in total. The van der Waals surface area contributed by atoms with Gasteiger partial charge in [0, 0.05) is 88.6 Å². The Kier molecular flexibility index (Phi) is 7.73. The van der Waals surface area contributed by atoms with Gasteiger partial charge in [0.25, 0.3) is 0 Å². The summed E-state index contributed by atoms with van der Waals surface area (Å²) in [6, 6.07) is 21.2. The summed E-state index contributed by atoms with van der Waals surface area (Å²) in [4.78, 5) is 14.1. The Hall–Kier alpha value is -2.90. The lowest BCUT2D eigenvalue weighted by molar-refractivity contribution is 0.234. The van der Waals surface area contributed by atoms with Crippen molar-refractivity contribution in [1.82, 2.24) is 30.4 Å². The maximum Gasteiger partial charge on any atom is 0.0705 e. The molecule has 4 aromatic rings. The second-order valence-corrected chi connectivity index (χ2v) is 9.03. The molecule has 1 aliphatic heterocycles. The molecule has 1 fully saturated rings. The Morgan fingerprint density at radius 2 is 0.971 bits per heavy atom. The van der Waals surface area contributed by atoms with Crippen LogP contribution in [0.3, 0.4) is 0 Å². The zero-order valence-electron chi connectivity index (χ0n) is 19.8. The molecule has 5 rings (SSSR count). The van der Waals surface area contributed by atoms with Crippen molar-refractivity contribution in [3.8, 4) is 0 Å². The number of nitrogens with one attached hydrogen (secondary N) is 2. The Labute approximate surface area is 202 Å². The normalized spacial score (nSPS) is 17.4. The minimum atomic E-state index is 0.952. The first-order valence-corrected chi connectivity index (χ1v) is 12.4. The van der Waals surface area contributed by atoms with Gasteiger partial charge in [-0.25, -0.2) is 0 Å². The maximum absolute atomic E-state index is 4.52. The summed E-state index contributed by atoms with van der Waals surface area (Å²) in [5, 5.41) is 9.88. The van der Waals surface area contributed by atoms with Gasteiger partial charge in [0.15, 0.2) is 0 Å². The molecule has 0 amide bonds. The average Bonchev–Trinajstić information content (AvgIpc) is 2.87. The smallest absolute Gasteiger partial charge is 0.0705 e. The summed E-state index contributed by atoms with van der Waals surface area (Å²) >= 11 is 0. The number of nitrogens with zero attached hydrogens (tertiary/aromatic N) is 4. The molecule has 2 aromatic carbocycles. The van der Waals surface area contributed by atoms with E-state index in [9.17, 15) is 0 Å². The lowest BCUT2D eigenvalue weighted by Gasteiger charge is -2.27. The predicted octanol–water partition coefficient (Wildman–Crippen LogP) is 3.28. The van der Waals surface area contributed by atoms with Crippen molar-refractivity contribution in [2.24, 2.45) is 0 Å². The van der Waals surface area contributed by atoms with Gasteiger partial charge in [-0.15, -0.1) is 0 Å².